The third-order valence-electron chi connectivity index (χ3n) is 6.51. The van der Waals surface area contributed by atoms with Gasteiger partial charge in [-0.3, -0.25) is 9.79 Å². The largest absolute Gasteiger partial charge is 0.378 e. The van der Waals surface area contributed by atoms with Crippen molar-refractivity contribution in [2.45, 2.75) is 70.4 Å². The normalized spacial score (nSPS) is 30.6. The number of likely N-dealkylation sites (tertiary alicyclic amines) is 1. The lowest BCUT2D eigenvalue weighted by Crippen LogP contribution is -2.65. The number of piperidine rings is 1. The Morgan fingerprint density at radius 2 is 2.08 bits per heavy atom. The molecule has 1 heterocycles. The van der Waals surface area contributed by atoms with E-state index in [1.165, 1.54) is 25.7 Å². The molecular formula is C19H35IN4O2. The van der Waals surface area contributed by atoms with Crippen molar-refractivity contribution in [2.75, 3.05) is 26.7 Å². The molecule has 7 heteroatoms. The van der Waals surface area contributed by atoms with E-state index in [1.807, 2.05) is 7.05 Å². The summed E-state index contributed by atoms with van der Waals surface area (Å²) in [5, 5.41) is 3.75. The average Bonchev–Trinajstić information content (AvgIpc) is 3.10. The minimum absolute atomic E-state index is 0. The van der Waals surface area contributed by atoms with Crippen molar-refractivity contribution in [3.8, 4) is 0 Å². The zero-order chi connectivity index (χ0) is 17.9. The number of nitrogens with zero attached hydrogens (tertiary/aromatic N) is 2. The van der Waals surface area contributed by atoms with Crippen molar-refractivity contribution in [3.63, 3.8) is 0 Å². The summed E-state index contributed by atoms with van der Waals surface area (Å²) in [7, 11) is 1.86. The van der Waals surface area contributed by atoms with Gasteiger partial charge in [-0.25, -0.2) is 0 Å². The molecule has 3 N–H and O–H groups in total. The maximum atomic E-state index is 11.3. The second-order valence-electron chi connectivity index (χ2n) is 7.99. The van der Waals surface area contributed by atoms with Crippen molar-refractivity contribution >= 4 is 35.8 Å². The first kappa shape index (κ1) is 21.7. The van der Waals surface area contributed by atoms with Crippen LogP contribution in [0.15, 0.2) is 4.99 Å². The van der Waals surface area contributed by atoms with E-state index in [0.29, 0.717) is 29.9 Å². The molecule has 3 unspecified atom stereocenters. The van der Waals surface area contributed by atoms with Crippen LogP contribution in [0, 0.1) is 11.3 Å². The molecule has 0 radical (unpaired) electrons. The zero-order valence-electron chi connectivity index (χ0n) is 16.2. The van der Waals surface area contributed by atoms with Crippen LogP contribution >= 0.6 is 24.0 Å². The molecule has 0 aromatic heterocycles. The van der Waals surface area contributed by atoms with E-state index < -0.39 is 0 Å². The van der Waals surface area contributed by atoms with Crippen LogP contribution in [0.4, 0.5) is 0 Å². The Labute approximate surface area is 174 Å². The van der Waals surface area contributed by atoms with Gasteiger partial charge in [0.15, 0.2) is 5.96 Å². The van der Waals surface area contributed by atoms with Crippen LogP contribution in [-0.4, -0.2) is 55.7 Å². The maximum Gasteiger partial charge on any atom is 0.217 e. The number of amides is 1. The summed E-state index contributed by atoms with van der Waals surface area (Å²) in [6.07, 6.45) is 9.27. The number of nitrogens with one attached hydrogen (secondary N) is 1. The first-order valence-electron chi connectivity index (χ1n) is 9.97. The monoisotopic (exact) mass is 478 g/mol. The first-order chi connectivity index (χ1) is 12.1. The van der Waals surface area contributed by atoms with Crippen LogP contribution in [-0.2, 0) is 9.53 Å². The number of carbonyl (C=O) groups excluding carboxylic acids is 1. The maximum absolute atomic E-state index is 11.3. The molecule has 26 heavy (non-hydrogen) atoms. The average molecular weight is 478 g/mol. The van der Waals surface area contributed by atoms with Crippen LogP contribution in [0.3, 0.4) is 0 Å². The van der Waals surface area contributed by atoms with Gasteiger partial charge in [-0.1, -0.05) is 12.8 Å². The molecule has 2 saturated carbocycles. The van der Waals surface area contributed by atoms with Crippen LogP contribution in [0.2, 0.25) is 0 Å². The molecule has 3 rings (SSSR count). The Balaban J connectivity index is 0.00000243. The van der Waals surface area contributed by atoms with Gasteiger partial charge in [0.05, 0.1) is 6.10 Å². The number of guanidine groups is 1. The van der Waals surface area contributed by atoms with Crippen molar-refractivity contribution in [1.29, 1.82) is 0 Å². The van der Waals surface area contributed by atoms with Crippen LogP contribution in [0.25, 0.3) is 0 Å². The van der Waals surface area contributed by atoms with Crippen LogP contribution in [0.5, 0.6) is 0 Å². The predicted molar refractivity (Wildman–Crippen MR) is 115 cm³/mol. The number of aliphatic imine (C=N–C) groups is 1. The van der Waals surface area contributed by atoms with Gasteiger partial charge in [0.1, 0.15) is 0 Å². The van der Waals surface area contributed by atoms with Crippen LogP contribution in [0.1, 0.15) is 58.3 Å². The molecule has 1 spiro atoms. The van der Waals surface area contributed by atoms with E-state index in [1.54, 1.807) is 0 Å². The predicted octanol–water partition coefficient (Wildman–Crippen LogP) is 2.51. The standard InChI is InChI=1S/C19H34N4O2.HI/c1-3-25-16-12-15(19(16)8-4-5-9-19)22-18(21-2)23-10-6-7-14(13-23)11-17(20)24;/h14-16H,3-13H2,1-2H3,(H2,20,24)(H,21,22);1H. The fraction of sp³-hybridized carbons (Fsp3) is 0.895. The Hall–Kier alpha value is -0.570. The molecule has 3 aliphatic rings. The van der Waals surface area contributed by atoms with Crippen molar-refractivity contribution in [1.82, 2.24) is 10.2 Å². The topological polar surface area (TPSA) is 79.9 Å². The summed E-state index contributed by atoms with van der Waals surface area (Å²) in [6.45, 7) is 4.77. The van der Waals surface area contributed by atoms with Gasteiger partial charge in [-0.2, -0.15) is 0 Å². The Bertz CT molecular complexity index is 508. The highest BCUT2D eigenvalue weighted by atomic mass is 127. The molecule has 1 aliphatic heterocycles. The van der Waals surface area contributed by atoms with Crippen molar-refractivity contribution in [2.24, 2.45) is 22.1 Å². The second kappa shape index (κ2) is 9.57. The molecule has 150 valence electrons. The Morgan fingerprint density at radius 3 is 2.69 bits per heavy atom. The number of nitrogens with two attached hydrogens (primary N) is 1. The lowest BCUT2D eigenvalue weighted by molar-refractivity contribution is -0.126. The minimum atomic E-state index is -0.196. The highest BCUT2D eigenvalue weighted by Gasteiger charge is 2.57. The number of primary amides is 1. The van der Waals surface area contributed by atoms with Gasteiger partial charge in [0.2, 0.25) is 5.91 Å². The zero-order valence-corrected chi connectivity index (χ0v) is 18.5. The number of ether oxygens (including phenoxy) is 1. The summed E-state index contributed by atoms with van der Waals surface area (Å²) in [5.74, 6) is 1.14. The summed E-state index contributed by atoms with van der Waals surface area (Å²) in [6, 6.07) is 0.460. The van der Waals surface area contributed by atoms with Crippen molar-refractivity contribution in [3.05, 3.63) is 0 Å². The molecule has 1 amide bonds. The number of hydrogen-bond donors (Lipinski definition) is 2. The smallest absolute Gasteiger partial charge is 0.217 e. The lowest BCUT2D eigenvalue weighted by Gasteiger charge is -2.55. The molecular weight excluding hydrogens is 443 g/mol. The van der Waals surface area contributed by atoms with Gasteiger partial charge >= 0.3 is 0 Å². The number of carbonyl (C=O) groups is 1. The molecule has 6 nitrogen and oxygen atoms in total. The Kier molecular flexibility index (Phi) is 8.00. The van der Waals surface area contributed by atoms with E-state index in [9.17, 15) is 4.79 Å². The molecule has 3 atom stereocenters. The second-order valence-corrected chi connectivity index (χ2v) is 7.99. The Morgan fingerprint density at radius 1 is 1.35 bits per heavy atom. The first-order valence-corrected chi connectivity index (χ1v) is 9.97. The molecule has 0 aromatic carbocycles. The molecule has 1 saturated heterocycles. The highest BCUT2D eigenvalue weighted by molar-refractivity contribution is 14.0. The summed E-state index contributed by atoms with van der Waals surface area (Å²) in [5.41, 5.74) is 5.69. The molecule has 3 fully saturated rings. The van der Waals surface area contributed by atoms with E-state index >= 15 is 0 Å². The SMILES string of the molecule is CCOC1CC(NC(=NC)N2CCCC(CC(N)=O)C2)C12CCCC2.I. The van der Waals surface area contributed by atoms with Gasteiger partial charge < -0.3 is 20.7 Å². The van der Waals surface area contributed by atoms with Gasteiger partial charge in [-0.05, 0) is 44.9 Å². The minimum Gasteiger partial charge on any atom is -0.378 e. The van der Waals surface area contributed by atoms with E-state index in [4.69, 9.17) is 10.5 Å². The molecule has 2 aliphatic carbocycles. The third kappa shape index (κ3) is 4.46. The van der Waals surface area contributed by atoms with E-state index in [2.05, 4.69) is 22.1 Å². The fourth-order valence-corrected chi connectivity index (χ4v) is 5.25. The number of rotatable bonds is 5. The summed E-state index contributed by atoms with van der Waals surface area (Å²) < 4.78 is 6.02. The van der Waals surface area contributed by atoms with Gasteiger partial charge in [0.25, 0.3) is 0 Å². The number of halogens is 1. The summed E-state index contributed by atoms with van der Waals surface area (Å²) in [4.78, 5) is 18.1. The highest BCUT2D eigenvalue weighted by Crippen LogP contribution is 2.54. The van der Waals surface area contributed by atoms with Gasteiger partial charge in [0, 0.05) is 44.6 Å². The third-order valence-corrected chi connectivity index (χ3v) is 6.51. The summed E-state index contributed by atoms with van der Waals surface area (Å²) >= 11 is 0. The lowest BCUT2D eigenvalue weighted by atomic mass is 9.60. The quantitative estimate of drug-likeness (QED) is 0.362. The van der Waals surface area contributed by atoms with Crippen LogP contribution < -0.4 is 11.1 Å². The fourth-order valence-electron chi connectivity index (χ4n) is 5.25. The molecule has 0 aromatic rings. The van der Waals surface area contributed by atoms with E-state index in [-0.39, 0.29) is 29.9 Å². The molecule has 0 bridgehead atoms. The number of hydrogen-bond acceptors (Lipinski definition) is 3. The van der Waals surface area contributed by atoms with E-state index in [0.717, 1.165) is 44.9 Å². The van der Waals surface area contributed by atoms with Crippen molar-refractivity contribution < 1.29 is 9.53 Å². The van der Waals surface area contributed by atoms with Gasteiger partial charge in [-0.15, -0.1) is 24.0 Å².